The molecule has 6 heteroatoms. The number of hydrogen-bond acceptors (Lipinski definition) is 2. The number of halogens is 4. The van der Waals surface area contributed by atoms with Crippen LogP contribution in [0.4, 0.5) is 0 Å². The second-order valence-corrected chi connectivity index (χ2v) is 4.73. The molecule has 0 atom stereocenters. The van der Waals surface area contributed by atoms with Gasteiger partial charge in [0.05, 0.1) is 21.2 Å². The van der Waals surface area contributed by atoms with Crippen LogP contribution >= 0.6 is 46.4 Å². The molecule has 1 aromatic carbocycles. The van der Waals surface area contributed by atoms with E-state index in [1.165, 1.54) is 12.1 Å². The van der Waals surface area contributed by atoms with Gasteiger partial charge in [-0.2, -0.15) is 0 Å². The van der Waals surface area contributed by atoms with Crippen LogP contribution in [0.5, 0.6) is 0 Å². The predicted octanol–water partition coefficient (Wildman–Crippen LogP) is 4.55. The van der Waals surface area contributed by atoms with Crippen LogP contribution in [0.2, 0.25) is 10.0 Å². The van der Waals surface area contributed by atoms with E-state index in [1.54, 1.807) is 0 Å². The van der Waals surface area contributed by atoms with Crippen molar-refractivity contribution in [3.63, 3.8) is 0 Å². The van der Waals surface area contributed by atoms with Crippen molar-refractivity contribution in [1.82, 2.24) is 0 Å². The van der Waals surface area contributed by atoms with Gasteiger partial charge < -0.3 is 4.74 Å². The van der Waals surface area contributed by atoms with Crippen LogP contribution in [-0.4, -0.2) is 5.97 Å². The highest BCUT2D eigenvalue weighted by Gasteiger charge is 2.45. The van der Waals surface area contributed by atoms with Gasteiger partial charge in [0.1, 0.15) is 0 Å². The topological polar surface area (TPSA) is 26.3 Å². The summed E-state index contributed by atoms with van der Waals surface area (Å²) in [4.78, 5) is 11.3. The first-order chi connectivity index (χ1) is 7.43. The van der Waals surface area contributed by atoms with Crippen LogP contribution in [0.1, 0.15) is 15.9 Å². The molecule has 2 rings (SSSR count). The second-order valence-electron chi connectivity index (χ2n) is 2.69. The van der Waals surface area contributed by atoms with Gasteiger partial charge in [0, 0.05) is 0 Å². The molecule has 0 spiro atoms. The number of ether oxygens (including phenoxy) is 1. The Hall–Kier alpha value is -0.410. The fraction of sp³-hybridized carbons (Fsp3) is 0.100. The van der Waals surface area contributed by atoms with Crippen molar-refractivity contribution in [2.75, 3.05) is 0 Å². The first-order valence-corrected chi connectivity index (χ1v) is 5.54. The zero-order valence-corrected chi connectivity index (χ0v) is 10.9. The van der Waals surface area contributed by atoms with Crippen molar-refractivity contribution in [2.45, 2.75) is 4.52 Å². The standard InChI is InChI=1S/C8H2Cl4O2.C2H4/c9-4-2-1-3-5(6(4)10)8(11,12)14-7(3)13;1-2/h1-2H;1-2H2. The number of esters is 1. The summed E-state index contributed by atoms with van der Waals surface area (Å²) in [5.41, 5.74) is 0.449. The largest absolute Gasteiger partial charge is 0.421 e. The molecule has 2 nitrogen and oxygen atoms in total. The van der Waals surface area contributed by atoms with Crippen LogP contribution in [0.25, 0.3) is 0 Å². The number of benzene rings is 1. The Morgan fingerprint density at radius 2 is 1.75 bits per heavy atom. The molecular weight excluding hydrogens is 294 g/mol. The number of fused-ring (bicyclic) bond motifs is 1. The van der Waals surface area contributed by atoms with Crippen molar-refractivity contribution >= 4 is 52.4 Å². The van der Waals surface area contributed by atoms with Gasteiger partial charge in [0.2, 0.25) is 0 Å². The average molecular weight is 300 g/mol. The van der Waals surface area contributed by atoms with Crippen LogP contribution in [0.15, 0.2) is 25.3 Å². The van der Waals surface area contributed by atoms with Crippen molar-refractivity contribution in [1.29, 1.82) is 0 Å². The number of hydrogen-bond donors (Lipinski definition) is 0. The van der Waals surface area contributed by atoms with Crippen molar-refractivity contribution < 1.29 is 9.53 Å². The van der Waals surface area contributed by atoms with Crippen molar-refractivity contribution in [2.24, 2.45) is 0 Å². The van der Waals surface area contributed by atoms with Crippen molar-refractivity contribution in [3.05, 3.63) is 46.5 Å². The van der Waals surface area contributed by atoms with E-state index in [-0.39, 0.29) is 21.2 Å². The molecule has 1 heterocycles. The molecule has 16 heavy (non-hydrogen) atoms. The predicted molar refractivity (Wildman–Crippen MR) is 66.5 cm³/mol. The van der Waals surface area contributed by atoms with E-state index >= 15 is 0 Å². The Balaban J connectivity index is 0.000000606. The summed E-state index contributed by atoms with van der Waals surface area (Å²) in [5.74, 6) is -0.608. The molecule has 0 saturated heterocycles. The third kappa shape index (κ3) is 2.16. The van der Waals surface area contributed by atoms with E-state index in [1.807, 2.05) is 0 Å². The molecule has 0 N–H and O–H groups in total. The maximum Gasteiger partial charge on any atom is 0.341 e. The third-order valence-corrected chi connectivity index (χ3v) is 3.16. The van der Waals surface area contributed by atoms with Gasteiger partial charge in [0.15, 0.2) is 0 Å². The van der Waals surface area contributed by atoms with E-state index < -0.39 is 10.5 Å². The minimum absolute atomic E-state index is 0.139. The van der Waals surface area contributed by atoms with Gasteiger partial charge in [-0.25, -0.2) is 4.79 Å². The molecule has 86 valence electrons. The average Bonchev–Trinajstić information content (AvgIpc) is 2.46. The van der Waals surface area contributed by atoms with Gasteiger partial charge in [-0.15, -0.1) is 13.2 Å². The monoisotopic (exact) mass is 298 g/mol. The molecule has 0 unspecified atom stereocenters. The molecule has 0 aromatic heterocycles. The molecule has 0 fully saturated rings. The molecule has 0 radical (unpaired) electrons. The summed E-state index contributed by atoms with van der Waals surface area (Å²) < 4.78 is 2.96. The molecular formula is C10H6Cl4O2. The number of carbonyl (C=O) groups excluding carboxylic acids is 1. The number of alkyl halides is 2. The van der Waals surface area contributed by atoms with E-state index in [0.717, 1.165) is 0 Å². The maximum absolute atomic E-state index is 11.3. The van der Waals surface area contributed by atoms with Crippen molar-refractivity contribution in [3.8, 4) is 0 Å². The minimum atomic E-state index is -1.74. The SMILES string of the molecule is C=C.O=C1OC(Cl)(Cl)c2c1ccc(Cl)c2Cl. The second kappa shape index (κ2) is 4.84. The lowest BCUT2D eigenvalue weighted by atomic mass is 10.1. The van der Waals surface area contributed by atoms with Crippen LogP contribution in [0, 0.1) is 0 Å². The normalized spacial score (nSPS) is 15.9. The zero-order chi connectivity index (χ0) is 12.5. The van der Waals surface area contributed by atoms with Gasteiger partial charge in [-0.3, -0.25) is 0 Å². The van der Waals surface area contributed by atoms with E-state index in [2.05, 4.69) is 13.2 Å². The summed E-state index contributed by atoms with van der Waals surface area (Å²) in [6, 6.07) is 2.96. The first-order valence-electron chi connectivity index (χ1n) is 4.03. The highest BCUT2D eigenvalue weighted by atomic mass is 35.5. The lowest BCUT2D eigenvalue weighted by Gasteiger charge is -2.13. The van der Waals surface area contributed by atoms with Crippen LogP contribution < -0.4 is 0 Å². The number of carbonyl (C=O) groups is 1. The Kier molecular flexibility index (Phi) is 4.13. The summed E-state index contributed by atoms with van der Waals surface area (Å²) in [6.07, 6.45) is 0. The van der Waals surface area contributed by atoms with Crippen LogP contribution in [-0.2, 0) is 9.26 Å². The quantitative estimate of drug-likeness (QED) is 0.399. The molecule has 0 amide bonds. The maximum atomic E-state index is 11.3. The summed E-state index contributed by atoms with van der Waals surface area (Å²) in [5, 5.41) is 0.411. The molecule has 1 aliphatic rings. The van der Waals surface area contributed by atoms with Gasteiger partial charge in [0.25, 0.3) is 4.52 Å². The summed E-state index contributed by atoms with van der Waals surface area (Å²) in [6.45, 7) is 6.00. The number of rotatable bonds is 0. The minimum Gasteiger partial charge on any atom is -0.421 e. The Morgan fingerprint density at radius 3 is 2.31 bits per heavy atom. The van der Waals surface area contributed by atoms with E-state index in [4.69, 9.17) is 51.1 Å². The lowest BCUT2D eigenvalue weighted by Crippen LogP contribution is -2.09. The van der Waals surface area contributed by atoms with E-state index in [0.29, 0.717) is 0 Å². The summed E-state index contributed by atoms with van der Waals surface area (Å²) in [7, 11) is 0. The molecule has 1 aliphatic heterocycles. The Labute approximate surface area is 113 Å². The fourth-order valence-corrected chi connectivity index (χ4v) is 2.31. The zero-order valence-electron chi connectivity index (χ0n) is 7.90. The third-order valence-electron chi connectivity index (χ3n) is 1.83. The molecule has 0 aliphatic carbocycles. The summed E-state index contributed by atoms with van der Waals surface area (Å²) >= 11 is 23.1. The van der Waals surface area contributed by atoms with Gasteiger partial charge in [-0.05, 0) is 12.1 Å². The fourth-order valence-electron chi connectivity index (χ4n) is 1.23. The molecule has 0 bridgehead atoms. The van der Waals surface area contributed by atoms with Gasteiger partial charge >= 0.3 is 5.97 Å². The lowest BCUT2D eigenvalue weighted by molar-refractivity contribution is 0.0448. The Morgan fingerprint density at radius 1 is 1.19 bits per heavy atom. The van der Waals surface area contributed by atoms with E-state index in [9.17, 15) is 4.79 Å². The highest BCUT2D eigenvalue weighted by Crippen LogP contribution is 2.48. The van der Waals surface area contributed by atoms with Crippen LogP contribution in [0.3, 0.4) is 0 Å². The molecule has 1 aromatic rings. The molecule has 0 saturated carbocycles. The van der Waals surface area contributed by atoms with Gasteiger partial charge in [-0.1, -0.05) is 46.4 Å². The highest BCUT2D eigenvalue weighted by molar-refractivity contribution is 6.51. The smallest absolute Gasteiger partial charge is 0.341 e. The first kappa shape index (κ1) is 13.7. The Bertz CT molecular complexity index is 443. The number of cyclic esters (lactones) is 1.